The van der Waals surface area contributed by atoms with Gasteiger partial charge >= 0.3 is 6.18 Å². The molecule has 0 aliphatic carbocycles. The fourth-order valence-electron chi connectivity index (χ4n) is 1.83. The minimum Gasteiger partial charge on any atom is -0.337 e. The summed E-state index contributed by atoms with van der Waals surface area (Å²) in [7, 11) is 1.84. The third kappa shape index (κ3) is 3.35. The minimum absolute atomic E-state index is 0.168. The van der Waals surface area contributed by atoms with Crippen LogP contribution in [0, 0.1) is 0 Å². The fourth-order valence-corrected chi connectivity index (χ4v) is 1.83. The number of rotatable bonds is 4. The molecule has 2 rings (SSSR count). The number of benzene rings is 1. The van der Waals surface area contributed by atoms with E-state index in [1.165, 1.54) is 12.1 Å². The van der Waals surface area contributed by atoms with Crippen molar-refractivity contribution in [1.82, 2.24) is 14.9 Å². The highest BCUT2D eigenvalue weighted by Crippen LogP contribution is 2.31. The largest absolute Gasteiger partial charge is 0.416 e. The first kappa shape index (κ1) is 13.6. The monoisotopic (exact) mass is 269 g/mol. The number of hydrogen-bond donors (Lipinski definition) is 1. The lowest BCUT2D eigenvalue weighted by Crippen LogP contribution is -2.18. The Morgan fingerprint density at radius 3 is 2.58 bits per heavy atom. The van der Waals surface area contributed by atoms with Crippen LogP contribution in [0.3, 0.4) is 0 Å². The fraction of sp³-hybridized carbons (Fsp3) is 0.308. The van der Waals surface area contributed by atoms with Crippen LogP contribution in [0.25, 0.3) is 0 Å². The van der Waals surface area contributed by atoms with Gasteiger partial charge in [-0.15, -0.1) is 0 Å². The Balaban J connectivity index is 2.02. The summed E-state index contributed by atoms with van der Waals surface area (Å²) in [4.78, 5) is 3.95. The van der Waals surface area contributed by atoms with E-state index in [9.17, 15) is 13.2 Å². The summed E-state index contributed by atoms with van der Waals surface area (Å²) >= 11 is 0. The molecule has 0 spiro atoms. The van der Waals surface area contributed by atoms with Crippen molar-refractivity contribution in [2.45, 2.75) is 19.3 Å². The Kier molecular flexibility index (Phi) is 3.90. The Morgan fingerprint density at radius 1 is 1.21 bits per heavy atom. The van der Waals surface area contributed by atoms with Crippen LogP contribution in [0.2, 0.25) is 0 Å². The lowest BCUT2D eigenvalue weighted by Gasteiger charge is -2.13. The van der Waals surface area contributed by atoms with E-state index in [1.54, 1.807) is 18.6 Å². The first-order chi connectivity index (χ1) is 8.98. The van der Waals surface area contributed by atoms with Crippen molar-refractivity contribution in [2.24, 2.45) is 7.05 Å². The normalized spacial score (nSPS) is 11.8. The van der Waals surface area contributed by atoms with E-state index in [-0.39, 0.29) is 12.1 Å². The number of aromatic nitrogens is 2. The van der Waals surface area contributed by atoms with Crippen molar-refractivity contribution < 1.29 is 13.2 Å². The number of nitrogens with one attached hydrogen (secondary N) is 1. The van der Waals surface area contributed by atoms with Crippen LogP contribution in [0.5, 0.6) is 0 Å². The zero-order valence-electron chi connectivity index (χ0n) is 10.4. The number of nitrogens with zero attached hydrogens (tertiary/aromatic N) is 2. The third-order valence-electron chi connectivity index (χ3n) is 2.86. The molecule has 0 atom stereocenters. The van der Waals surface area contributed by atoms with Crippen LogP contribution in [0.4, 0.5) is 13.2 Å². The van der Waals surface area contributed by atoms with E-state index in [1.807, 2.05) is 11.6 Å². The second-order valence-corrected chi connectivity index (χ2v) is 4.25. The van der Waals surface area contributed by atoms with Crippen LogP contribution < -0.4 is 5.32 Å². The first-order valence-corrected chi connectivity index (χ1v) is 5.79. The number of aryl methyl sites for hydroxylation is 1. The van der Waals surface area contributed by atoms with Gasteiger partial charge < -0.3 is 9.88 Å². The Hall–Kier alpha value is -1.82. The summed E-state index contributed by atoms with van der Waals surface area (Å²) < 4.78 is 40.1. The Bertz CT molecular complexity index is 546. The molecular weight excluding hydrogens is 255 g/mol. The van der Waals surface area contributed by atoms with Gasteiger partial charge in [-0.25, -0.2) is 4.98 Å². The average Bonchev–Trinajstić information content (AvgIpc) is 2.75. The van der Waals surface area contributed by atoms with Crippen LogP contribution >= 0.6 is 0 Å². The highest BCUT2D eigenvalue weighted by Gasteiger charge is 2.32. The van der Waals surface area contributed by atoms with Gasteiger partial charge in [-0.3, -0.25) is 0 Å². The Morgan fingerprint density at radius 2 is 1.95 bits per heavy atom. The molecule has 6 heteroatoms. The molecular formula is C13H14F3N3. The molecule has 19 heavy (non-hydrogen) atoms. The van der Waals surface area contributed by atoms with E-state index in [0.29, 0.717) is 6.54 Å². The summed E-state index contributed by atoms with van der Waals surface area (Å²) in [5.74, 6) is 0. The molecule has 0 unspecified atom stereocenters. The van der Waals surface area contributed by atoms with Gasteiger partial charge in [0.15, 0.2) is 0 Å². The number of hydrogen-bond acceptors (Lipinski definition) is 2. The molecule has 0 aliphatic heterocycles. The molecule has 1 N–H and O–H groups in total. The quantitative estimate of drug-likeness (QED) is 0.925. The Labute approximate surface area is 109 Å². The van der Waals surface area contributed by atoms with Crippen molar-refractivity contribution in [3.05, 3.63) is 53.6 Å². The summed E-state index contributed by atoms with van der Waals surface area (Å²) in [5.41, 5.74) is 0.578. The average molecular weight is 269 g/mol. The predicted octanol–water partition coefficient (Wildman–Crippen LogP) is 2.73. The SMILES string of the molecule is Cn1cncc1CNCc1ccccc1C(F)(F)F. The van der Waals surface area contributed by atoms with Crippen LogP contribution in [0.15, 0.2) is 36.8 Å². The molecule has 0 radical (unpaired) electrons. The zero-order valence-corrected chi connectivity index (χ0v) is 10.4. The minimum atomic E-state index is -4.31. The second-order valence-electron chi connectivity index (χ2n) is 4.25. The standard InChI is InChI=1S/C13H14F3N3/c1-19-9-18-8-11(19)7-17-6-10-4-2-3-5-12(10)13(14,15)16/h2-5,8-9,17H,6-7H2,1H3. The van der Waals surface area contributed by atoms with Gasteiger partial charge in [-0.05, 0) is 11.6 Å². The predicted molar refractivity (Wildman–Crippen MR) is 65.2 cm³/mol. The molecule has 0 saturated carbocycles. The van der Waals surface area contributed by atoms with Gasteiger partial charge in [-0.2, -0.15) is 13.2 Å². The maximum atomic E-state index is 12.8. The number of halogens is 3. The summed E-state index contributed by atoms with van der Waals surface area (Å²) in [6.45, 7) is 0.642. The molecule has 2 aromatic rings. The highest BCUT2D eigenvalue weighted by atomic mass is 19.4. The second kappa shape index (κ2) is 5.44. The van der Waals surface area contributed by atoms with E-state index in [0.717, 1.165) is 11.8 Å². The van der Waals surface area contributed by atoms with Gasteiger partial charge in [0.25, 0.3) is 0 Å². The van der Waals surface area contributed by atoms with Crippen molar-refractivity contribution in [2.75, 3.05) is 0 Å². The third-order valence-corrected chi connectivity index (χ3v) is 2.86. The smallest absolute Gasteiger partial charge is 0.337 e. The maximum Gasteiger partial charge on any atom is 0.416 e. The lowest BCUT2D eigenvalue weighted by atomic mass is 10.1. The maximum absolute atomic E-state index is 12.8. The molecule has 0 bridgehead atoms. The van der Waals surface area contributed by atoms with E-state index >= 15 is 0 Å². The molecule has 102 valence electrons. The molecule has 1 heterocycles. The van der Waals surface area contributed by atoms with E-state index < -0.39 is 11.7 Å². The van der Waals surface area contributed by atoms with E-state index in [2.05, 4.69) is 10.3 Å². The van der Waals surface area contributed by atoms with Crippen molar-refractivity contribution in [3.8, 4) is 0 Å². The molecule has 0 aliphatic rings. The molecule has 1 aromatic carbocycles. The first-order valence-electron chi connectivity index (χ1n) is 5.79. The molecule has 0 fully saturated rings. The van der Waals surface area contributed by atoms with Crippen molar-refractivity contribution >= 4 is 0 Å². The highest BCUT2D eigenvalue weighted by molar-refractivity contribution is 5.29. The number of imidazole rings is 1. The van der Waals surface area contributed by atoms with Gasteiger partial charge in [0.2, 0.25) is 0 Å². The summed E-state index contributed by atoms with van der Waals surface area (Å²) in [6, 6.07) is 5.59. The molecule has 3 nitrogen and oxygen atoms in total. The van der Waals surface area contributed by atoms with Crippen molar-refractivity contribution in [3.63, 3.8) is 0 Å². The topological polar surface area (TPSA) is 29.9 Å². The van der Waals surface area contributed by atoms with Crippen LogP contribution in [-0.4, -0.2) is 9.55 Å². The molecule has 0 saturated heterocycles. The molecule has 0 amide bonds. The van der Waals surface area contributed by atoms with Gasteiger partial charge in [0, 0.05) is 26.3 Å². The van der Waals surface area contributed by atoms with Gasteiger partial charge in [-0.1, -0.05) is 18.2 Å². The van der Waals surface area contributed by atoms with Gasteiger partial charge in [0.1, 0.15) is 0 Å². The van der Waals surface area contributed by atoms with E-state index in [4.69, 9.17) is 0 Å². The van der Waals surface area contributed by atoms with Gasteiger partial charge in [0.05, 0.1) is 17.6 Å². The lowest BCUT2D eigenvalue weighted by molar-refractivity contribution is -0.138. The van der Waals surface area contributed by atoms with Crippen LogP contribution in [-0.2, 0) is 26.3 Å². The van der Waals surface area contributed by atoms with Crippen LogP contribution in [0.1, 0.15) is 16.8 Å². The molecule has 1 aromatic heterocycles. The van der Waals surface area contributed by atoms with Crippen molar-refractivity contribution in [1.29, 1.82) is 0 Å². The zero-order chi connectivity index (χ0) is 13.9. The summed E-state index contributed by atoms with van der Waals surface area (Å²) in [6.07, 6.45) is -0.978. The number of alkyl halides is 3. The summed E-state index contributed by atoms with van der Waals surface area (Å²) in [5, 5.41) is 3.00.